The maximum absolute atomic E-state index is 13.9. The highest BCUT2D eigenvalue weighted by molar-refractivity contribution is 9.10. The summed E-state index contributed by atoms with van der Waals surface area (Å²) >= 11 is 3.33. The smallest absolute Gasteiger partial charge is 0.234 e. The minimum Gasteiger partial charge on any atom is -0.395 e. The number of aliphatic hydroxyl groups excluding tert-OH is 1. The topological polar surface area (TPSA) is 52.6 Å². The Morgan fingerprint density at radius 3 is 2.79 bits per heavy atom. The molecule has 0 radical (unpaired) electrons. The molecule has 0 atom stereocenters. The largest absolute Gasteiger partial charge is 0.395 e. The average molecular weight is 401 g/mol. The number of rotatable bonds is 8. The zero-order valence-electron chi connectivity index (χ0n) is 13.9. The molecular formula is C18H26BrFN2O2. The summed E-state index contributed by atoms with van der Waals surface area (Å²) in [5.74, 6) is 0.213. The van der Waals surface area contributed by atoms with Crippen molar-refractivity contribution >= 4 is 21.8 Å². The number of benzene rings is 1. The number of nitrogens with one attached hydrogen (secondary N) is 1. The zero-order valence-corrected chi connectivity index (χ0v) is 15.5. The molecule has 1 amide bonds. The first-order valence-electron chi connectivity index (χ1n) is 8.62. The Bertz CT molecular complexity index is 536. The molecule has 1 fully saturated rings. The lowest BCUT2D eigenvalue weighted by atomic mass is 9.89. The van der Waals surface area contributed by atoms with Gasteiger partial charge in [0.05, 0.1) is 13.2 Å². The summed E-state index contributed by atoms with van der Waals surface area (Å²) < 4.78 is 14.7. The van der Waals surface area contributed by atoms with E-state index < -0.39 is 0 Å². The molecule has 2 rings (SSSR count). The van der Waals surface area contributed by atoms with Gasteiger partial charge in [0.15, 0.2) is 0 Å². The first-order valence-corrected chi connectivity index (χ1v) is 9.41. The van der Waals surface area contributed by atoms with Crippen molar-refractivity contribution in [2.45, 2.75) is 38.6 Å². The Morgan fingerprint density at radius 1 is 1.33 bits per heavy atom. The summed E-state index contributed by atoms with van der Waals surface area (Å²) in [6, 6.07) is 4.76. The number of hydrogen-bond acceptors (Lipinski definition) is 3. The molecule has 2 N–H and O–H groups in total. The fourth-order valence-corrected chi connectivity index (χ4v) is 3.58. The summed E-state index contributed by atoms with van der Waals surface area (Å²) in [6.45, 7) is 1.45. The van der Waals surface area contributed by atoms with Crippen LogP contribution in [0.2, 0.25) is 0 Å². The maximum Gasteiger partial charge on any atom is 0.234 e. The lowest BCUT2D eigenvalue weighted by molar-refractivity contribution is -0.122. The molecule has 134 valence electrons. The lowest BCUT2D eigenvalue weighted by Gasteiger charge is -2.24. The van der Waals surface area contributed by atoms with Gasteiger partial charge in [0.1, 0.15) is 5.82 Å². The number of aliphatic hydroxyl groups is 1. The molecule has 0 unspecified atom stereocenters. The normalized spacial score (nSPS) is 15.7. The van der Waals surface area contributed by atoms with Crippen LogP contribution in [0.25, 0.3) is 0 Å². The molecule has 1 aliphatic carbocycles. The van der Waals surface area contributed by atoms with Crippen LogP contribution in [0.5, 0.6) is 0 Å². The van der Waals surface area contributed by atoms with Crippen molar-refractivity contribution in [1.29, 1.82) is 0 Å². The third-order valence-electron chi connectivity index (χ3n) is 4.50. The van der Waals surface area contributed by atoms with Gasteiger partial charge in [-0.15, -0.1) is 0 Å². The zero-order chi connectivity index (χ0) is 17.4. The van der Waals surface area contributed by atoms with Crippen molar-refractivity contribution in [3.8, 4) is 0 Å². The second kappa shape index (κ2) is 10.1. The van der Waals surface area contributed by atoms with Gasteiger partial charge in [-0.3, -0.25) is 9.69 Å². The van der Waals surface area contributed by atoms with E-state index in [2.05, 4.69) is 21.2 Å². The van der Waals surface area contributed by atoms with Gasteiger partial charge in [0.2, 0.25) is 5.91 Å². The summed E-state index contributed by atoms with van der Waals surface area (Å²) in [5, 5.41) is 12.2. The number of halogens is 2. The van der Waals surface area contributed by atoms with Crippen LogP contribution >= 0.6 is 15.9 Å². The van der Waals surface area contributed by atoms with E-state index in [0.717, 1.165) is 11.0 Å². The van der Waals surface area contributed by atoms with E-state index in [1.807, 2.05) is 0 Å². The predicted molar refractivity (Wildman–Crippen MR) is 96.0 cm³/mol. The molecule has 1 aromatic rings. The molecule has 0 bridgehead atoms. The van der Waals surface area contributed by atoms with Crippen molar-refractivity contribution in [2.24, 2.45) is 5.92 Å². The van der Waals surface area contributed by atoms with E-state index >= 15 is 0 Å². The highest BCUT2D eigenvalue weighted by Gasteiger charge is 2.17. The quantitative estimate of drug-likeness (QED) is 0.704. The molecule has 0 aliphatic heterocycles. The van der Waals surface area contributed by atoms with Crippen LogP contribution in [0.15, 0.2) is 22.7 Å². The second-order valence-electron chi connectivity index (χ2n) is 6.48. The Balaban J connectivity index is 1.85. The highest BCUT2D eigenvalue weighted by Crippen LogP contribution is 2.22. The van der Waals surface area contributed by atoms with Crippen LogP contribution < -0.4 is 5.32 Å². The lowest BCUT2D eigenvalue weighted by Crippen LogP contribution is -2.40. The van der Waals surface area contributed by atoms with Crippen LogP contribution in [0, 0.1) is 11.7 Å². The molecule has 24 heavy (non-hydrogen) atoms. The summed E-state index contributed by atoms with van der Waals surface area (Å²) in [6.07, 6.45) is 6.17. The predicted octanol–water partition coefficient (Wildman–Crippen LogP) is 3.08. The summed E-state index contributed by atoms with van der Waals surface area (Å²) in [4.78, 5) is 13.9. The van der Waals surface area contributed by atoms with Crippen LogP contribution in [0.3, 0.4) is 0 Å². The van der Waals surface area contributed by atoms with Gasteiger partial charge in [0.25, 0.3) is 0 Å². The number of hydrogen-bond donors (Lipinski definition) is 2. The maximum atomic E-state index is 13.9. The second-order valence-corrected chi connectivity index (χ2v) is 7.39. The van der Waals surface area contributed by atoms with E-state index in [-0.39, 0.29) is 24.9 Å². The molecule has 0 aromatic heterocycles. The van der Waals surface area contributed by atoms with Crippen molar-refractivity contribution in [1.82, 2.24) is 10.2 Å². The van der Waals surface area contributed by atoms with Gasteiger partial charge in [-0.1, -0.05) is 35.2 Å². The Labute approximate surface area is 151 Å². The number of carbonyl (C=O) groups is 1. The third kappa shape index (κ3) is 6.49. The van der Waals surface area contributed by atoms with Crippen LogP contribution in [-0.2, 0) is 11.3 Å². The number of carbonyl (C=O) groups excluding carboxylic acids is 1. The van der Waals surface area contributed by atoms with Crippen LogP contribution in [0.1, 0.15) is 37.7 Å². The first kappa shape index (κ1) is 19.3. The number of amides is 1. The molecule has 1 aliphatic rings. The van der Waals surface area contributed by atoms with Gasteiger partial charge in [-0.2, -0.15) is 0 Å². The van der Waals surface area contributed by atoms with Gasteiger partial charge in [-0.05, 0) is 37.0 Å². The van der Waals surface area contributed by atoms with E-state index in [9.17, 15) is 14.3 Å². The molecule has 0 heterocycles. The SMILES string of the molecule is O=C(CN(CCO)Cc1cc(Br)ccc1F)NCC1CCCCC1. The van der Waals surface area contributed by atoms with Crippen molar-refractivity contribution in [2.75, 3.05) is 26.2 Å². The average Bonchev–Trinajstić information content (AvgIpc) is 2.57. The Morgan fingerprint density at radius 2 is 2.08 bits per heavy atom. The van der Waals surface area contributed by atoms with E-state index in [1.165, 1.54) is 38.2 Å². The minimum absolute atomic E-state index is 0.0640. The third-order valence-corrected chi connectivity index (χ3v) is 4.99. The molecule has 0 saturated heterocycles. The molecule has 4 nitrogen and oxygen atoms in total. The van der Waals surface area contributed by atoms with Crippen LogP contribution in [-0.4, -0.2) is 42.2 Å². The van der Waals surface area contributed by atoms with Gasteiger partial charge < -0.3 is 10.4 Å². The standard InChI is InChI=1S/C18H26BrFN2O2/c19-16-6-7-17(20)15(10-16)12-22(8-9-23)13-18(24)21-11-14-4-2-1-3-5-14/h6-7,10,14,23H,1-5,8-9,11-13H2,(H,21,24). The minimum atomic E-state index is -0.302. The number of nitrogens with zero attached hydrogens (tertiary/aromatic N) is 1. The highest BCUT2D eigenvalue weighted by atomic mass is 79.9. The van der Waals surface area contributed by atoms with Gasteiger partial charge >= 0.3 is 0 Å². The fourth-order valence-electron chi connectivity index (χ4n) is 3.17. The van der Waals surface area contributed by atoms with E-state index in [0.29, 0.717) is 24.6 Å². The molecular weight excluding hydrogens is 375 g/mol. The Hall–Kier alpha value is -0.980. The summed E-state index contributed by atoms with van der Waals surface area (Å²) in [7, 11) is 0. The summed E-state index contributed by atoms with van der Waals surface area (Å²) in [5.41, 5.74) is 0.512. The van der Waals surface area contributed by atoms with Crippen molar-refractivity contribution in [3.05, 3.63) is 34.1 Å². The molecule has 6 heteroatoms. The van der Waals surface area contributed by atoms with Crippen molar-refractivity contribution in [3.63, 3.8) is 0 Å². The van der Waals surface area contributed by atoms with Crippen LogP contribution in [0.4, 0.5) is 4.39 Å². The van der Waals surface area contributed by atoms with Gasteiger partial charge in [0, 0.05) is 29.7 Å². The monoisotopic (exact) mass is 400 g/mol. The molecule has 1 saturated carbocycles. The molecule has 0 spiro atoms. The van der Waals surface area contributed by atoms with E-state index in [4.69, 9.17) is 0 Å². The van der Waals surface area contributed by atoms with E-state index in [1.54, 1.807) is 17.0 Å². The van der Waals surface area contributed by atoms with Crippen molar-refractivity contribution < 1.29 is 14.3 Å². The van der Waals surface area contributed by atoms with Gasteiger partial charge in [-0.25, -0.2) is 4.39 Å². The first-order chi connectivity index (χ1) is 11.6. The molecule has 1 aromatic carbocycles. The Kier molecular flexibility index (Phi) is 8.15. The fraction of sp³-hybridized carbons (Fsp3) is 0.611.